The highest BCUT2D eigenvalue weighted by Crippen LogP contribution is 2.30. The number of carboxylic acids is 1. The molecule has 0 spiro atoms. The average molecular weight is 769 g/mol. The summed E-state index contributed by atoms with van der Waals surface area (Å²) in [5.41, 5.74) is 4.05. The summed E-state index contributed by atoms with van der Waals surface area (Å²) in [5.74, 6) is -0.983. The number of unbranched alkanes of at least 4 members (excludes halogenated alkanes) is 1. The topological polar surface area (TPSA) is 148 Å². The minimum absolute atomic E-state index is 0.210. The van der Waals surface area contributed by atoms with Crippen molar-refractivity contribution in [3.05, 3.63) is 96.2 Å². The quantitative estimate of drug-likeness (QED) is 0.0495. The van der Waals surface area contributed by atoms with Gasteiger partial charge in [-0.25, -0.2) is 4.98 Å². The first kappa shape index (κ1) is 43.9. The summed E-state index contributed by atoms with van der Waals surface area (Å²) < 4.78 is 17.0. The van der Waals surface area contributed by atoms with Crippen molar-refractivity contribution in [3.63, 3.8) is 0 Å². The number of carboxylic acid groups (broad SMARTS) is 1. The molecular formula is C45H60N4O7. The van der Waals surface area contributed by atoms with Crippen LogP contribution >= 0.6 is 0 Å². The number of hydrogen-bond acceptors (Lipinski definition) is 8. The molecule has 4 rings (SSSR count). The van der Waals surface area contributed by atoms with Gasteiger partial charge < -0.3 is 35.3 Å². The fourth-order valence-corrected chi connectivity index (χ4v) is 6.18. The van der Waals surface area contributed by atoms with Crippen LogP contribution < -0.4 is 16.0 Å². The van der Waals surface area contributed by atoms with Gasteiger partial charge in [0.1, 0.15) is 11.9 Å². The zero-order chi connectivity index (χ0) is 40.2. The van der Waals surface area contributed by atoms with Gasteiger partial charge in [0.15, 0.2) is 0 Å². The predicted octanol–water partition coefficient (Wildman–Crippen LogP) is 7.88. The second-order valence-electron chi connectivity index (χ2n) is 15.3. The molecule has 11 nitrogen and oxygen atoms in total. The summed E-state index contributed by atoms with van der Waals surface area (Å²) in [6.07, 6.45) is 4.83. The number of aliphatic carboxylic acids is 1. The van der Waals surface area contributed by atoms with E-state index in [2.05, 4.69) is 66.0 Å². The van der Waals surface area contributed by atoms with E-state index < -0.39 is 24.0 Å². The third kappa shape index (κ3) is 16.1. The first-order valence-corrected chi connectivity index (χ1v) is 19.8. The van der Waals surface area contributed by atoms with Crippen LogP contribution in [0.15, 0.2) is 85.1 Å². The van der Waals surface area contributed by atoms with Gasteiger partial charge in [0.2, 0.25) is 11.8 Å². The number of carbonyl (C=O) groups excluding carboxylic acids is 2. The standard InChI is InChI=1S/C45H60N4O7/c1-33-21-24-47-41(31-33)46-23-10-16-42(50)48-39(15-7-8-25-54-27-29-56-30-28-55-26-22-45(2,3)4)44(53)49-40(32-43(51)52)36-19-17-35(18-20-36)38-14-9-12-34-11-5-6-13-37(34)38/h5-6,9,11-14,17-21,24,31,39-40H,7-8,10,15-16,22-23,25-30,32H2,1-4H3,(H,46,47)(H,48,50)(H,49,53)(H,51,52)/t39-,40+/m0/s1. The summed E-state index contributed by atoms with van der Waals surface area (Å²) in [6.45, 7) is 12.3. The lowest BCUT2D eigenvalue weighted by Gasteiger charge is -2.23. The molecular weight excluding hydrogens is 709 g/mol. The first-order valence-electron chi connectivity index (χ1n) is 19.8. The van der Waals surface area contributed by atoms with E-state index in [1.54, 1.807) is 6.20 Å². The van der Waals surface area contributed by atoms with Crippen LogP contribution in [0.25, 0.3) is 21.9 Å². The zero-order valence-corrected chi connectivity index (χ0v) is 33.5. The highest BCUT2D eigenvalue weighted by molar-refractivity contribution is 5.96. The zero-order valence-electron chi connectivity index (χ0n) is 33.5. The average Bonchev–Trinajstić information content (AvgIpc) is 3.17. The molecule has 0 aliphatic carbocycles. The number of aryl methyl sites for hydroxylation is 1. The lowest BCUT2D eigenvalue weighted by atomic mass is 9.93. The van der Waals surface area contributed by atoms with E-state index >= 15 is 0 Å². The first-order chi connectivity index (χ1) is 27.0. The van der Waals surface area contributed by atoms with Crippen molar-refractivity contribution in [3.8, 4) is 11.1 Å². The molecule has 2 atom stereocenters. The number of ether oxygens (including phenoxy) is 3. The molecule has 0 aliphatic heterocycles. The van der Waals surface area contributed by atoms with Crippen molar-refractivity contribution < 1.29 is 33.7 Å². The molecule has 4 aromatic rings. The summed E-state index contributed by atoms with van der Waals surface area (Å²) >= 11 is 0. The fourth-order valence-electron chi connectivity index (χ4n) is 6.18. The van der Waals surface area contributed by atoms with Gasteiger partial charge in [-0.05, 0) is 89.6 Å². The van der Waals surface area contributed by atoms with Gasteiger partial charge in [0.05, 0.1) is 38.9 Å². The Kier molecular flexibility index (Phi) is 18.2. The Labute approximate surface area is 331 Å². The number of carbonyl (C=O) groups is 3. The Balaban J connectivity index is 1.31. The summed E-state index contributed by atoms with van der Waals surface area (Å²) in [6, 6.07) is 24.1. The number of anilines is 1. The number of aromatic nitrogens is 1. The number of hydrogen-bond donors (Lipinski definition) is 4. The van der Waals surface area contributed by atoms with Crippen molar-refractivity contribution in [1.82, 2.24) is 15.6 Å². The maximum absolute atomic E-state index is 13.8. The summed E-state index contributed by atoms with van der Waals surface area (Å²) in [4.78, 5) is 43.2. The van der Waals surface area contributed by atoms with Gasteiger partial charge in [-0.1, -0.05) is 87.5 Å². The Hall–Kier alpha value is -4.84. The van der Waals surface area contributed by atoms with Gasteiger partial charge in [0, 0.05) is 32.4 Å². The van der Waals surface area contributed by atoms with Gasteiger partial charge in [-0.2, -0.15) is 0 Å². The SMILES string of the molecule is Cc1ccnc(NCCCC(=O)N[C@@H](CCCCOCCOCCOCCC(C)(C)C)C(=O)N[C@H](CC(=O)O)c2ccc(-c3cccc4ccccc34)cc2)c1. The van der Waals surface area contributed by atoms with Crippen LogP contribution in [-0.2, 0) is 28.6 Å². The molecule has 1 heterocycles. The lowest BCUT2D eigenvalue weighted by molar-refractivity contribution is -0.138. The Bertz CT molecular complexity index is 1800. The maximum atomic E-state index is 13.8. The van der Waals surface area contributed by atoms with Gasteiger partial charge in [-0.3, -0.25) is 14.4 Å². The maximum Gasteiger partial charge on any atom is 0.305 e. The predicted molar refractivity (Wildman–Crippen MR) is 222 cm³/mol. The Morgan fingerprint density at radius 2 is 1.48 bits per heavy atom. The number of nitrogens with zero attached hydrogens (tertiary/aromatic N) is 1. The number of pyridine rings is 1. The molecule has 4 N–H and O–H groups in total. The van der Waals surface area contributed by atoms with Crippen molar-refractivity contribution in [2.75, 3.05) is 51.5 Å². The molecule has 0 unspecified atom stereocenters. The number of benzene rings is 3. The molecule has 56 heavy (non-hydrogen) atoms. The van der Waals surface area contributed by atoms with E-state index in [9.17, 15) is 19.5 Å². The molecule has 0 fully saturated rings. The second-order valence-corrected chi connectivity index (χ2v) is 15.3. The third-order valence-corrected chi connectivity index (χ3v) is 9.33. The minimum atomic E-state index is -1.04. The van der Waals surface area contributed by atoms with Gasteiger partial charge in [0.25, 0.3) is 0 Å². The van der Waals surface area contributed by atoms with Crippen LogP contribution in [-0.4, -0.2) is 80.1 Å². The highest BCUT2D eigenvalue weighted by atomic mass is 16.5. The Morgan fingerprint density at radius 3 is 2.20 bits per heavy atom. The third-order valence-electron chi connectivity index (χ3n) is 9.33. The molecule has 302 valence electrons. The largest absolute Gasteiger partial charge is 0.481 e. The van der Waals surface area contributed by atoms with E-state index in [4.69, 9.17) is 14.2 Å². The molecule has 0 saturated heterocycles. The van der Waals surface area contributed by atoms with Crippen molar-refractivity contribution in [1.29, 1.82) is 0 Å². The normalized spacial score (nSPS) is 12.6. The second kappa shape index (κ2) is 23.3. The van der Waals surface area contributed by atoms with Crippen molar-refractivity contribution in [2.45, 2.75) is 84.7 Å². The lowest BCUT2D eigenvalue weighted by Crippen LogP contribution is -2.48. The fraction of sp³-hybridized carbons (Fsp3) is 0.467. The molecule has 2 amide bonds. The van der Waals surface area contributed by atoms with Crippen LogP contribution in [0.5, 0.6) is 0 Å². The van der Waals surface area contributed by atoms with Crippen LogP contribution in [0.1, 0.15) is 82.9 Å². The van der Waals surface area contributed by atoms with Crippen LogP contribution in [0.3, 0.4) is 0 Å². The minimum Gasteiger partial charge on any atom is -0.481 e. The number of rotatable bonds is 25. The smallest absolute Gasteiger partial charge is 0.305 e. The van der Waals surface area contributed by atoms with Crippen molar-refractivity contribution in [2.24, 2.45) is 5.41 Å². The summed E-state index contributed by atoms with van der Waals surface area (Å²) in [5, 5.41) is 21.1. The Morgan fingerprint density at radius 1 is 0.786 bits per heavy atom. The molecule has 1 aromatic heterocycles. The van der Waals surface area contributed by atoms with Crippen molar-refractivity contribution >= 4 is 34.4 Å². The van der Waals surface area contributed by atoms with Crippen LogP contribution in [0.4, 0.5) is 5.82 Å². The van der Waals surface area contributed by atoms with E-state index in [1.165, 1.54) is 0 Å². The molecule has 3 aromatic carbocycles. The van der Waals surface area contributed by atoms with Gasteiger partial charge >= 0.3 is 5.97 Å². The number of fused-ring (bicyclic) bond motifs is 1. The van der Waals surface area contributed by atoms with Gasteiger partial charge in [-0.15, -0.1) is 0 Å². The highest BCUT2D eigenvalue weighted by Gasteiger charge is 2.25. The monoisotopic (exact) mass is 768 g/mol. The van der Waals surface area contributed by atoms with Crippen LogP contribution in [0.2, 0.25) is 0 Å². The molecule has 0 aliphatic rings. The van der Waals surface area contributed by atoms with E-state index in [1.807, 2.05) is 61.5 Å². The van der Waals surface area contributed by atoms with E-state index in [0.29, 0.717) is 77.4 Å². The van der Waals surface area contributed by atoms with E-state index in [0.717, 1.165) is 39.7 Å². The summed E-state index contributed by atoms with van der Waals surface area (Å²) in [7, 11) is 0. The van der Waals surface area contributed by atoms with E-state index in [-0.39, 0.29) is 24.2 Å². The molecule has 0 saturated carbocycles. The number of nitrogens with one attached hydrogen (secondary N) is 3. The molecule has 0 radical (unpaired) electrons. The molecule has 11 heteroatoms. The molecule has 0 bridgehead atoms. The van der Waals surface area contributed by atoms with Crippen LogP contribution in [0, 0.1) is 12.3 Å². The number of amides is 2.